The van der Waals surface area contributed by atoms with Crippen LogP contribution in [0.25, 0.3) is 10.8 Å². The summed E-state index contributed by atoms with van der Waals surface area (Å²) in [5.41, 5.74) is -4.27. The molecule has 3 rings (SSSR count). The van der Waals surface area contributed by atoms with E-state index in [1.54, 1.807) is 0 Å². The van der Waals surface area contributed by atoms with Crippen LogP contribution in [0.15, 0.2) is 71.6 Å². The first kappa shape index (κ1) is 24.7. The Bertz CT molecular complexity index is 1140. The summed E-state index contributed by atoms with van der Waals surface area (Å²) in [4.78, 5) is 12.2. The first-order chi connectivity index (χ1) is 14.4. The van der Waals surface area contributed by atoms with Gasteiger partial charge in [-0.1, -0.05) is 42.5 Å². The van der Waals surface area contributed by atoms with E-state index in [-0.39, 0.29) is 16.9 Å². The number of fused-ring (bicyclic) bond motifs is 1. The lowest BCUT2D eigenvalue weighted by Gasteiger charge is -2.08. The van der Waals surface area contributed by atoms with Gasteiger partial charge in [0.1, 0.15) is 17.8 Å². The van der Waals surface area contributed by atoms with Gasteiger partial charge in [-0.3, -0.25) is 4.79 Å². The Kier molecular flexibility index (Phi) is 8.10. The molecule has 0 saturated carbocycles. The van der Waals surface area contributed by atoms with Gasteiger partial charge in [-0.2, -0.15) is 13.2 Å². The van der Waals surface area contributed by atoms with Crippen LogP contribution < -0.4 is 4.74 Å². The highest BCUT2D eigenvalue weighted by Gasteiger charge is 2.36. The third-order valence-electron chi connectivity index (χ3n) is 4.02. The molecule has 0 radical (unpaired) electrons. The van der Waals surface area contributed by atoms with Gasteiger partial charge in [-0.05, 0) is 35.0 Å². The molecule has 3 aromatic carbocycles. The smallest absolute Gasteiger partial charge is 0.485 e. The number of ether oxygens (including phenoxy) is 1. The van der Waals surface area contributed by atoms with Crippen LogP contribution in [-0.2, 0) is 31.6 Å². The minimum atomic E-state index is -6.09. The molecule has 1 unspecified atom stereocenters. The number of carbonyl (C=O) groups is 1. The number of rotatable bonds is 4. The van der Waals surface area contributed by atoms with E-state index in [9.17, 15) is 18.0 Å². The van der Waals surface area contributed by atoms with E-state index in [2.05, 4.69) is 48.7 Å². The van der Waals surface area contributed by atoms with E-state index >= 15 is 0 Å². The molecule has 0 spiro atoms. The standard InChI is InChI=1S/C20H19O2S.CHF3O3S/c1-15(21)22-18-10-12-19(13-11-18)23(2)14-17-8-5-7-16-6-3-4-9-20(16)17;2-1(3,4)8(5,6)7/h3-13H,14H2,1-2H3;(H,5,6,7)/q+1;/p-1. The highest BCUT2D eigenvalue weighted by atomic mass is 32.2. The van der Waals surface area contributed by atoms with Crippen LogP contribution in [0.2, 0.25) is 0 Å². The third-order valence-corrected chi connectivity index (χ3v) is 6.41. The fourth-order valence-corrected chi connectivity index (χ4v) is 4.13. The highest BCUT2D eigenvalue weighted by Crippen LogP contribution is 2.25. The number of esters is 1. The molecule has 0 aliphatic rings. The summed E-state index contributed by atoms with van der Waals surface area (Å²) in [6.45, 7) is 1.42. The van der Waals surface area contributed by atoms with Crippen LogP contribution in [0.1, 0.15) is 12.5 Å². The average molecular weight is 473 g/mol. The number of hydrogen-bond donors (Lipinski definition) is 0. The number of alkyl halides is 3. The van der Waals surface area contributed by atoms with E-state index in [4.69, 9.17) is 17.7 Å². The van der Waals surface area contributed by atoms with Crippen molar-refractivity contribution >= 4 is 37.8 Å². The maximum absolute atomic E-state index is 11.0. The molecule has 0 fully saturated rings. The minimum absolute atomic E-state index is 0.0982. The number of benzene rings is 3. The molecule has 0 N–H and O–H groups in total. The van der Waals surface area contributed by atoms with Gasteiger partial charge in [0.05, 0.1) is 0 Å². The van der Waals surface area contributed by atoms with Gasteiger partial charge in [-0.25, -0.2) is 8.42 Å². The molecular formula is C21H19F3O5S2. The van der Waals surface area contributed by atoms with Crippen molar-refractivity contribution in [2.24, 2.45) is 0 Å². The van der Waals surface area contributed by atoms with E-state index in [0.717, 1.165) is 5.75 Å². The molecule has 0 amide bonds. The van der Waals surface area contributed by atoms with E-state index in [1.807, 2.05) is 24.3 Å². The predicted octanol–water partition coefficient (Wildman–Crippen LogP) is 4.62. The molecule has 0 bridgehead atoms. The monoisotopic (exact) mass is 472 g/mol. The second-order valence-corrected chi connectivity index (χ2v) is 9.79. The molecule has 3 aromatic rings. The van der Waals surface area contributed by atoms with Crippen LogP contribution in [0.5, 0.6) is 5.75 Å². The Morgan fingerprint density at radius 3 is 2.10 bits per heavy atom. The molecule has 5 nitrogen and oxygen atoms in total. The summed E-state index contributed by atoms with van der Waals surface area (Å²) in [5.74, 6) is 1.32. The van der Waals surface area contributed by atoms with Gasteiger partial charge in [-0.15, -0.1) is 0 Å². The van der Waals surface area contributed by atoms with Crippen LogP contribution in [0.3, 0.4) is 0 Å². The van der Waals surface area contributed by atoms with Gasteiger partial charge < -0.3 is 9.29 Å². The van der Waals surface area contributed by atoms with Crippen molar-refractivity contribution in [3.05, 3.63) is 72.3 Å². The molecule has 166 valence electrons. The summed E-state index contributed by atoms with van der Waals surface area (Å²) in [6, 6.07) is 22.8. The molecule has 0 aliphatic heterocycles. The first-order valence-electron chi connectivity index (χ1n) is 8.78. The van der Waals surface area contributed by atoms with Crippen LogP contribution >= 0.6 is 0 Å². The van der Waals surface area contributed by atoms with E-state index in [1.165, 1.54) is 28.2 Å². The summed E-state index contributed by atoms with van der Waals surface area (Å²) in [7, 11) is -5.99. The Hall–Kier alpha value is -2.56. The molecule has 0 saturated heterocycles. The quantitative estimate of drug-likeness (QED) is 0.182. The largest absolute Gasteiger partial charge is 0.741 e. The zero-order valence-corrected chi connectivity index (χ0v) is 18.2. The summed E-state index contributed by atoms with van der Waals surface area (Å²) >= 11 is 0. The van der Waals surface area contributed by atoms with Crippen molar-refractivity contribution in [2.45, 2.75) is 23.1 Å². The molecular weight excluding hydrogens is 453 g/mol. The van der Waals surface area contributed by atoms with Crippen molar-refractivity contribution in [2.75, 3.05) is 6.26 Å². The number of carbonyl (C=O) groups excluding carboxylic acids is 1. The lowest BCUT2D eigenvalue weighted by Crippen LogP contribution is -2.21. The van der Waals surface area contributed by atoms with Gasteiger partial charge in [0, 0.05) is 23.4 Å². The van der Waals surface area contributed by atoms with Crippen molar-refractivity contribution in [3.8, 4) is 5.75 Å². The van der Waals surface area contributed by atoms with Crippen LogP contribution in [0.4, 0.5) is 13.2 Å². The Balaban J connectivity index is 0.000000366. The third kappa shape index (κ3) is 7.27. The van der Waals surface area contributed by atoms with Crippen molar-refractivity contribution in [1.29, 1.82) is 0 Å². The van der Waals surface area contributed by atoms with Crippen molar-refractivity contribution in [3.63, 3.8) is 0 Å². The van der Waals surface area contributed by atoms with Crippen molar-refractivity contribution in [1.82, 2.24) is 0 Å². The normalized spacial score (nSPS) is 12.6. The van der Waals surface area contributed by atoms with E-state index in [0.29, 0.717) is 5.75 Å². The fraction of sp³-hybridized carbons (Fsp3) is 0.190. The average Bonchev–Trinajstić information content (AvgIpc) is 2.67. The van der Waals surface area contributed by atoms with Gasteiger partial charge >= 0.3 is 11.5 Å². The second kappa shape index (κ2) is 10.2. The van der Waals surface area contributed by atoms with Crippen molar-refractivity contribution < 1.29 is 35.7 Å². The molecule has 1 atom stereocenters. The molecule has 0 aliphatic carbocycles. The first-order valence-corrected chi connectivity index (χ1v) is 12.0. The van der Waals surface area contributed by atoms with Crippen LogP contribution in [0, 0.1) is 0 Å². The van der Waals surface area contributed by atoms with Gasteiger partial charge in [0.25, 0.3) is 0 Å². The zero-order chi connectivity index (χ0) is 23.2. The lowest BCUT2D eigenvalue weighted by molar-refractivity contribution is -0.131. The summed E-state index contributed by atoms with van der Waals surface area (Å²) in [6.07, 6.45) is 2.25. The molecule has 31 heavy (non-hydrogen) atoms. The Morgan fingerprint density at radius 2 is 1.55 bits per heavy atom. The predicted molar refractivity (Wildman–Crippen MR) is 113 cm³/mol. The van der Waals surface area contributed by atoms with Gasteiger partial charge in [0.2, 0.25) is 0 Å². The molecule has 0 heterocycles. The Morgan fingerprint density at radius 1 is 1.00 bits per heavy atom. The topological polar surface area (TPSA) is 83.5 Å². The number of hydrogen-bond acceptors (Lipinski definition) is 5. The maximum atomic E-state index is 11.0. The van der Waals surface area contributed by atoms with Crippen LogP contribution in [-0.4, -0.2) is 30.7 Å². The Labute approximate surface area is 180 Å². The highest BCUT2D eigenvalue weighted by molar-refractivity contribution is 7.95. The second-order valence-electron chi connectivity index (χ2n) is 6.38. The lowest BCUT2D eigenvalue weighted by atomic mass is 10.1. The van der Waals surface area contributed by atoms with E-state index < -0.39 is 15.6 Å². The minimum Gasteiger partial charge on any atom is -0.741 e. The summed E-state index contributed by atoms with van der Waals surface area (Å²) < 4.78 is 64.0. The van der Waals surface area contributed by atoms with Gasteiger partial charge in [0.15, 0.2) is 15.0 Å². The SMILES string of the molecule is CC(=O)Oc1ccc([S+](C)Cc2cccc3ccccc23)cc1.O=S(=O)([O-])C(F)(F)F. The number of halogens is 3. The molecule has 0 aromatic heterocycles. The zero-order valence-electron chi connectivity index (χ0n) is 16.5. The summed E-state index contributed by atoms with van der Waals surface area (Å²) in [5, 5.41) is 2.61. The maximum Gasteiger partial charge on any atom is 0.485 e. The fourth-order valence-electron chi connectivity index (χ4n) is 2.64. The molecule has 10 heteroatoms.